The van der Waals surface area contributed by atoms with Crippen molar-refractivity contribution in [3.63, 3.8) is 0 Å². The highest BCUT2D eigenvalue weighted by Gasteiger charge is 2.15. The highest BCUT2D eigenvalue weighted by Crippen LogP contribution is 2.17. The van der Waals surface area contributed by atoms with Crippen molar-refractivity contribution in [1.29, 1.82) is 0 Å². The first-order chi connectivity index (χ1) is 8.09. The lowest BCUT2D eigenvalue weighted by atomic mass is 10.3. The van der Waals surface area contributed by atoms with E-state index < -0.39 is 0 Å². The first-order valence-electron chi connectivity index (χ1n) is 5.52. The number of benzene rings is 1. The van der Waals surface area contributed by atoms with E-state index in [0.29, 0.717) is 0 Å². The Bertz CT molecular complexity index is 343. The molecule has 0 spiro atoms. The predicted octanol–water partition coefficient (Wildman–Crippen LogP) is 2.50. The molecule has 0 aliphatic rings. The predicted molar refractivity (Wildman–Crippen MR) is 69.2 cm³/mol. The molecule has 17 heavy (non-hydrogen) atoms. The highest BCUT2D eigenvalue weighted by molar-refractivity contribution is 7.30. The molecule has 4 nitrogen and oxygen atoms in total. The standard InChI is InChI=1S/C12H18NO3P/c1-9(2)15-12(14)10(3)13-17-16-11-7-5-4-6-8-11/h4-10,13,17H,1-3H3/t10-/m0/s1. The largest absolute Gasteiger partial charge is 0.462 e. The Balaban J connectivity index is 2.24. The first-order valence-corrected chi connectivity index (χ1v) is 6.43. The second kappa shape index (κ2) is 7.25. The fraction of sp³-hybridized carbons (Fsp3) is 0.417. The van der Waals surface area contributed by atoms with Crippen LogP contribution in [0.3, 0.4) is 0 Å². The van der Waals surface area contributed by atoms with Crippen molar-refractivity contribution >= 4 is 14.9 Å². The molecule has 94 valence electrons. The van der Waals surface area contributed by atoms with Crippen LogP contribution in [0.15, 0.2) is 30.3 Å². The van der Waals surface area contributed by atoms with Crippen LogP contribution in [0.25, 0.3) is 0 Å². The van der Waals surface area contributed by atoms with Gasteiger partial charge in [-0.3, -0.25) is 9.88 Å². The smallest absolute Gasteiger partial charge is 0.323 e. The number of hydrogen-bond acceptors (Lipinski definition) is 4. The minimum atomic E-state index is -0.362. The molecule has 0 radical (unpaired) electrons. The third-order valence-electron chi connectivity index (χ3n) is 1.89. The zero-order valence-corrected chi connectivity index (χ0v) is 11.3. The number of ether oxygens (including phenoxy) is 1. The summed E-state index contributed by atoms with van der Waals surface area (Å²) in [6.07, 6.45) is -0.0925. The molecule has 0 saturated heterocycles. The van der Waals surface area contributed by atoms with Crippen molar-refractivity contribution in [2.75, 3.05) is 0 Å². The maximum Gasteiger partial charge on any atom is 0.323 e. The molecule has 0 heterocycles. The molecule has 1 unspecified atom stereocenters. The van der Waals surface area contributed by atoms with Gasteiger partial charge < -0.3 is 9.26 Å². The topological polar surface area (TPSA) is 47.6 Å². The van der Waals surface area contributed by atoms with Crippen LogP contribution in [0.2, 0.25) is 0 Å². The second-order valence-corrected chi connectivity index (χ2v) is 4.57. The molecule has 0 fully saturated rings. The van der Waals surface area contributed by atoms with Crippen molar-refractivity contribution < 1.29 is 14.1 Å². The van der Waals surface area contributed by atoms with Gasteiger partial charge in [0.05, 0.1) is 6.10 Å². The number of hydrogen-bond donors (Lipinski definition) is 1. The summed E-state index contributed by atoms with van der Waals surface area (Å²) in [5, 5.41) is 2.97. The van der Waals surface area contributed by atoms with Crippen LogP contribution in [-0.2, 0) is 9.53 Å². The van der Waals surface area contributed by atoms with E-state index in [9.17, 15) is 4.79 Å². The van der Waals surface area contributed by atoms with Crippen LogP contribution in [0.1, 0.15) is 20.8 Å². The lowest BCUT2D eigenvalue weighted by molar-refractivity contribution is -0.148. The average Bonchev–Trinajstić information content (AvgIpc) is 2.29. The van der Waals surface area contributed by atoms with E-state index in [1.165, 1.54) is 0 Å². The number of carbonyl (C=O) groups excluding carboxylic acids is 1. The van der Waals surface area contributed by atoms with Gasteiger partial charge in [0.1, 0.15) is 20.7 Å². The van der Waals surface area contributed by atoms with Gasteiger partial charge in [-0.2, -0.15) is 0 Å². The molecule has 1 rings (SSSR count). The van der Waals surface area contributed by atoms with Crippen molar-refractivity contribution in [3.05, 3.63) is 30.3 Å². The summed E-state index contributed by atoms with van der Waals surface area (Å²) in [5.41, 5.74) is 0. The molecule has 0 saturated carbocycles. The van der Waals surface area contributed by atoms with Crippen molar-refractivity contribution in [2.24, 2.45) is 0 Å². The van der Waals surface area contributed by atoms with Gasteiger partial charge in [-0.25, -0.2) is 0 Å². The SMILES string of the molecule is CC(C)OC(=O)[C@H](C)NPOc1ccccc1. The van der Waals surface area contributed by atoms with Gasteiger partial charge in [0, 0.05) is 0 Å². The summed E-state index contributed by atoms with van der Waals surface area (Å²) in [5.74, 6) is 0.520. The maximum absolute atomic E-state index is 11.5. The Hall–Kier alpha value is -1.12. The van der Waals surface area contributed by atoms with E-state index in [1.54, 1.807) is 6.92 Å². The minimum absolute atomic E-state index is 0.0285. The fourth-order valence-corrected chi connectivity index (χ4v) is 1.67. The van der Waals surface area contributed by atoms with Gasteiger partial charge in [-0.05, 0) is 32.9 Å². The summed E-state index contributed by atoms with van der Waals surface area (Å²) >= 11 is 0. The van der Waals surface area contributed by atoms with Gasteiger partial charge >= 0.3 is 5.97 Å². The van der Waals surface area contributed by atoms with Gasteiger partial charge in [0.25, 0.3) is 0 Å². The van der Waals surface area contributed by atoms with Crippen LogP contribution in [0.5, 0.6) is 5.75 Å². The molecule has 0 aliphatic carbocycles. The van der Waals surface area contributed by atoms with Crippen molar-refractivity contribution in [2.45, 2.75) is 32.9 Å². The minimum Gasteiger partial charge on any atom is -0.462 e. The van der Waals surface area contributed by atoms with Crippen LogP contribution < -0.4 is 9.61 Å². The Labute approximate surface area is 104 Å². The summed E-state index contributed by atoms with van der Waals surface area (Å²) in [4.78, 5) is 11.5. The van der Waals surface area contributed by atoms with Gasteiger partial charge in [-0.1, -0.05) is 18.2 Å². The Morgan fingerprint density at radius 1 is 1.24 bits per heavy atom. The molecule has 5 heteroatoms. The van der Waals surface area contributed by atoms with Crippen LogP contribution >= 0.6 is 8.96 Å². The molecule has 0 aliphatic heterocycles. The van der Waals surface area contributed by atoms with E-state index >= 15 is 0 Å². The molecule has 1 N–H and O–H groups in total. The number of rotatable bonds is 6. The Morgan fingerprint density at radius 2 is 1.88 bits per heavy atom. The highest BCUT2D eigenvalue weighted by atomic mass is 31.1. The van der Waals surface area contributed by atoms with E-state index in [-0.39, 0.29) is 27.1 Å². The maximum atomic E-state index is 11.5. The normalized spacial score (nSPS) is 12.9. The van der Waals surface area contributed by atoms with Gasteiger partial charge in [-0.15, -0.1) is 0 Å². The zero-order valence-electron chi connectivity index (χ0n) is 10.3. The monoisotopic (exact) mass is 255 g/mol. The number of carbonyl (C=O) groups is 1. The van der Waals surface area contributed by atoms with Crippen molar-refractivity contribution in [1.82, 2.24) is 5.09 Å². The second-order valence-electron chi connectivity index (χ2n) is 3.87. The number of esters is 1. The molecule has 0 aromatic heterocycles. The first kappa shape index (κ1) is 13.9. The third-order valence-corrected chi connectivity index (χ3v) is 2.78. The fourth-order valence-electron chi connectivity index (χ4n) is 1.06. The summed E-state index contributed by atoms with van der Waals surface area (Å²) in [6, 6.07) is 9.09. The van der Waals surface area contributed by atoms with Crippen LogP contribution in [0.4, 0.5) is 0 Å². The molecule has 0 bridgehead atoms. The van der Waals surface area contributed by atoms with Crippen molar-refractivity contribution in [3.8, 4) is 5.75 Å². The lowest BCUT2D eigenvalue weighted by Gasteiger charge is -2.15. The van der Waals surface area contributed by atoms with E-state index in [0.717, 1.165) is 5.75 Å². The van der Waals surface area contributed by atoms with Gasteiger partial charge in [0.2, 0.25) is 0 Å². The average molecular weight is 255 g/mol. The number of nitrogens with one attached hydrogen (secondary N) is 1. The molecule has 1 aromatic carbocycles. The third kappa shape index (κ3) is 5.66. The Morgan fingerprint density at radius 3 is 2.47 bits per heavy atom. The molecule has 0 amide bonds. The lowest BCUT2D eigenvalue weighted by Crippen LogP contribution is -2.32. The van der Waals surface area contributed by atoms with Crippen LogP contribution in [0, 0.1) is 0 Å². The summed E-state index contributed by atoms with van der Waals surface area (Å²) in [7, 11) is 0.0285. The van der Waals surface area contributed by atoms with E-state index in [1.807, 2.05) is 44.2 Å². The Kier molecular flexibility index (Phi) is 5.95. The van der Waals surface area contributed by atoms with Crippen LogP contribution in [-0.4, -0.2) is 18.1 Å². The summed E-state index contributed by atoms with van der Waals surface area (Å²) in [6.45, 7) is 5.41. The zero-order chi connectivity index (χ0) is 12.7. The summed E-state index contributed by atoms with van der Waals surface area (Å²) < 4.78 is 10.5. The van der Waals surface area contributed by atoms with E-state index in [2.05, 4.69) is 5.09 Å². The molecule has 1 aromatic rings. The van der Waals surface area contributed by atoms with Gasteiger partial charge in [0.15, 0.2) is 0 Å². The van der Waals surface area contributed by atoms with E-state index in [4.69, 9.17) is 9.26 Å². The number of para-hydroxylation sites is 1. The molecular formula is C12H18NO3P. The molecular weight excluding hydrogens is 237 g/mol. The molecule has 2 atom stereocenters. The quantitative estimate of drug-likeness (QED) is 0.626.